The van der Waals surface area contributed by atoms with Crippen molar-refractivity contribution in [1.29, 1.82) is 0 Å². The number of hydrazone groups is 1. The third kappa shape index (κ3) is 7.64. The lowest BCUT2D eigenvalue weighted by Gasteiger charge is -2.22. The van der Waals surface area contributed by atoms with E-state index >= 15 is 0 Å². The zero-order valence-corrected chi connectivity index (χ0v) is 20.7. The van der Waals surface area contributed by atoms with Crippen molar-refractivity contribution in [1.82, 2.24) is 15.7 Å². The Morgan fingerprint density at radius 1 is 1.00 bits per heavy atom. The zero-order valence-electron chi connectivity index (χ0n) is 19.9. The highest BCUT2D eigenvalue weighted by Crippen LogP contribution is 2.21. The Morgan fingerprint density at radius 2 is 1.69 bits per heavy atom. The van der Waals surface area contributed by atoms with Crippen LogP contribution in [0.25, 0.3) is 0 Å². The quantitative estimate of drug-likeness (QED) is 0.301. The van der Waals surface area contributed by atoms with Crippen LogP contribution in [0.5, 0.6) is 5.75 Å². The Bertz CT molecular complexity index is 1280. The van der Waals surface area contributed by atoms with E-state index in [2.05, 4.69) is 20.8 Å². The van der Waals surface area contributed by atoms with Crippen LogP contribution < -0.4 is 19.8 Å². The first kappa shape index (κ1) is 26.4. The van der Waals surface area contributed by atoms with Crippen LogP contribution in [0.3, 0.4) is 0 Å². The molecule has 1 aromatic heterocycles. The van der Waals surface area contributed by atoms with Crippen molar-refractivity contribution in [2.24, 2.45) is 5.10 Å². The molecule has 3 aromatic rings. The Morgan fingerprint density at radius 3 is 2.33 bits per heavy atom. The average molecular weight is 510 g/mol. The number of pyridine rings is 1. The van der Waals surface area contributed by atoms with E-state index in [4.69, 9.17) is 4.74 Å². The van der Waals surface area contributed by atoms with Gasteiger partial charge in [-0.05, 0) is 67.9 Å². The molecule has 1 heterocycles. The molecule has 0 saturated heterocycles. The molecule has 0 aliphatic rings. The van der Waals surface area contributed by atoms with Crippen molar-refractivity contribution in [2.75, 3.05) is 17.5 Å². The summed E-state index contributed by atoms with van der Waals surface area (Å²) >= 11 is 0. The highest BCUT2D eigenvalue weighted by atomic mass is 32.2. The Balaban J connectivity index is 1.62. The van der Waals surface area contributed by atoms with Crippen molar-refractivity contribution in [3.8, 4) is 5.75 Å². The molecule has 10 nitrogen and oxygen atoms in total. The van der Waals surface area contributed by atoms with Gasteiger partial charge in [-0.15, -0.1) is 0 Å². The first-order valence-corrected chi connectivity index (χ1v) is 12.5. The van der Waals surface area contributed by atoms with E-state index in [0.29, 0.717) is 11.3 Å². The summed E-state index contributed by atoms with van der Waals surface area (Å²) in [5.74, 6) is -0.245. The van der Waals surface area contributed by atoms with Gasteiger partial charge in [0.2, 0.25) is 0 Å². The molecule has 11 heteroatoms. The van der Waals surface area contributed by atoms with E-state index < -0.39 is 22.5 Å². The molecule has 0 fully saturated rings. The molecular formula is C25H27N5O5S. The third-order valence-corrected chi connectivity index (χ3v) is 6.39. The molecule has 2 N–H and O–H groups in total. The smallest absolute Gasteiger partial charge is 0.265 e. The van der Waals surface area contributed by atoms with Gasteiger partial charge in [0.25, 0.3) is 21.8 Å². The van der Waals surface area contributed by atoms with Crippen LogP contribution >= 0.6 is 0 Å². The molecule has 0 atom stereocenters. The van der Waals surface area contributed by atoms with E-state index in [1.807, 2.05) is 13.8 Å². The van der Waals surface area contributed by atoms with E-state index in [1.54, 1.807) is 54.6 Å². The Kier molecular flexibility index (Phi) is 9.12. The third-order valence-electron chi connectivity index (χ3n) is 4.63. The summed E-state index contributed by atoms with van der Waals surface area (Å²) in [7, 11) is -4.03. The number of amides is 2. The van der Waals surface area contributed by atoms with Crippen molar-refractivity contribution < 1.29 is 22.7 Å². The fraction of sp³-hybridized carbons (Fsp3) is 0.200. The molecule has 0 bridgehead atoms. The molecule has 2 aromatic carbocycles. The van der Waals surface area contributed by atoms with Crippen LogP contribution in [0.4, 0.5) is 5.82 Å². The van der Waals surface area contributed by atoms with Gasteiger partial charge in [0, 0.05) is 12.2 Å². The molecule has 36 heavy (non-hydrogen) atoms. The molecule has 3 rings (SSSR count). The normalized spacial score (nSPS) is 11.3. The number of benzene rings is 2. The van der Waals surface area contributed by atoms with Crippen LogP contribution in [0.15, 0.2) is 89.0 Å². The second-order valence-corrected chi connectivity index (χ2v) is 9.75. The highest BCUT2D eigenvalue weighted by Gasteiger charge is 2.27. The number of hydrogen-bond donors (Lipinski definition) is 2. The standard InChI is InChI=1S/C25H27N5O5S/c1-19(2)28-25(32)18-35-21-13-11-20(12-14-21)16-27-29-24(31)17-30(23-10-6-7-15-26-23)36(33,34)22-8-4-3-5-9-22/h3-16,19H,17-18H2,1-2H3,(H,28,32)(H,29,31)/b27-16-. The largest absolute Gasteiger partial charge is 0.484 e. The minimum absolute atomic E-state index is 0.0318. The topological polar surface area (TPSA) is 130 Å². The number of rotatable bonds is 11. The summed E-state index contributed by atoms with van der Waals surface area (Å²) in [6.07, 6.45) is 2.85. The molecule has 0 aliphatic heterocycles. The molecule has 0 saturated carbocycles. The first-order chi connectivity index (χ1) is 17.3. The van der Waals surface area contributed by atoms with Gasteiger partial charge >= 0.3 is 0 Å². The van der Waals surface area contributed by atoms with E-state index in [9.17, 15) is 18.0 Å². The molecule has 188 valence electrons. The van der Waals surface area contributed by atoms with Gasteiger partial charge in [-0.3, -0.25) is 9.59 Å². The second-order valence-electron chi connectivity index (χ2n) is 7.89. The van der Waals surface area contributed by atoms with Crippen LogP contribution in [0, 0.1) is 0 Å². The van der Waals surface area contributed by atoms with Crippen molar-refractivity contribution in [2.45, 2.75) is 24.8 Å². The maximum atomic E-state index is 13.2. The summed E-state index contributed by atoms with van der Waals surface area (Å²) in [5, 5.41) is 6.64. The number of nitrogens with one attached hydrogen (secondary N) is 2. The summed E-state index contributed by atoms with van der Waals surface area (Å²) in [6.45, 7) is 3.11. The van der Waals surface area contributed by atoms with Crippen molar-refractivity contribution in [3.05, 3.63) is 84.6 Å². The number of nitrogens with zero attached hydrogens (tertiary/aromatic N) is 3. The van der Waals surface area contributed by atoms with Crippen LogP contribution in [-0.2, 0) is 19.6 Å². The predicted molar refractivity (Wildman–Crippen MR) is 136 cm³/mol. The molecular weight excluding hydrogens is 482 g/mol. The molecule has 0 spiro atoms. The fourth-order valence-corrected chi connectivity index (χ4v) is 4.41. The number of sulfonamides is 1. The minimum atomic E-state index is -4.03. The number of ether oxygens (including phenoxy) is 1. The number of carbonyl (C=O) groups is 2. The lowest BCUT2D eigenvalue weighted by Crippen LogP contribution is -2.40. The van der Waals surface area contributed by atoms with Gasteiger partial charge < -0.3 is 10.1 Å². The molecule has 0 radical (unpaired) electrons. The van der Waals surface area contributed by atoms with E-state index in [1.165, 1.54) is 30.6 Å². The maximum Gasteiger partial charge on any atom is 0.265 e. The van der Waals surface area contributed by atoms with Gasteiger partial charge in [0.1, 0.15) is 18.1 Å². The number of carbonyl (C=O) groups excluding carboxylic acids is 2. The zero-order chi connectivity index (χ0) is 26.0. The van der Waals surface area contributed by atoms with Crippen LogP contribution in [-0.4, -0.2) is 50.6 Å². The van der Waals surface area contributed by atoms with Gasteiger partial charge in [-0.1, -0.05) is 24.3 Å². The predicted octanol–water partition coefficient (Wildman–Crippen LogP) is 2.33. The fourth-order valence-electron chi connectivity index (χ4n) is 3.02. The summed E-state index contributed by atoms with van der Waals surface area (Å²) in [5.41, 5.74) is 3.00. The van der Waals surface area contributed by atoms with Gasteiger partial charge in [-0.2, -0.15) is 5.10 Å². The number of aromatic nitrogens is 1. The molecule has 2 amide bonds. The molecule has 0 aliphatic carbocycles. The van der Waals surface area contributed by atoms with Crippen LogP contribution in [0.2, 0.25) is 0 Å². The van der Waals surface area contributed by atoms with Crippen LogP contribution in [0.1, 0.15) is 19.4 Å². The van der Waals surface area contributed by atoms with Gasteiger partial charge in [-0.25, -0.2) is 23.1 Å². The monoisotopic (exact) mass is 509 g/mol. The highest BCUT2D eigenvalue weighted by molar-refractivity contribution is 7.92. The summed E-state index contributed by atoms with van der Waals surface area (Å²) in [4.78, 5) is 28.4. The van der Waals surface area contributed by atoms with Gasteiger partial charge in [0.15, 0.2) is 6.61 Å². The second kappa shape index (κ2) is 12.5. The van der Waals surface area contributed by atoms with Crippen molar-refractivity contribution >= 4 is 33.9 Å². The Hall–Kier alpha value is -4.25. The lowest BCUT2D eigenvalue weighted by atomic mass is 10.2. The van der Waals surface area contributed by atoms with E-state index in [0.717, 1.165) is 4.31 Å². The Labute approximate surface area is 210 Å². The lowest BCUT2D eigenvalue weighted by molar-refractivity contribution is -0.123. The van der Waals surface area contributed by atoms with Crippen molar-refractivity contribution in [3.63, 3.8) is 0 Å². The molecule has 0 unspecified atom stereocenters. The minimum Gasteiger partial charge on any atom is -0.484 e. The summed E-state index contributed by atoms with van der Waals surface area (Å²) < 4.78 is 32.7. The maximum absolute atomic E-state index is 13.2. The first-order valence-electron chi connectivity index (χ1n) is 11.1. The average Bonchev–Trinajstić information content (AvgIpc) is 2.87. The van der Waals surface area contributed by atoms with Gasteiger partial charge in [0.05, 0.1) is 11.1 Å². The van der Waals surface area contributed by atoms with E-state index in [-0.39, 0.29) is 29.3 Å². The number of hydrogen-bond acceptors (Lipinski definition) is 7. The SMILES string of the molecule is CC(C)NC(=O)COc1ccc(/C=N\NC(=O)CN(c2ccccn2)S(=O)(=O)c2ccccc2)cc1. The number of anilines is 1. The summed E-state index contributed by atoms with van der Waals surface area (Å²) in [6, 6.07) is 19.4.